The maximum atomic E-state index is 12.2. The minimum absolute atomic E-state index is 0.240. The van der Waals surface area contributed by atoms with Gasteiger partial charge >= 0.3 is 0 Å². The van der Waals surface area contributed by atoms with Gasteiger partial charge in [-0.15, -0.1) is 0 Å². The van der Waals surface area contributed by atoms with Crippen LogP contribution in [0.1, 0.15) is 15.9 Å². The van der Waals surface area contributed by atoms with Gasteiger partial charge in [0.05, 0.1) is 17.1 Å². The highest BCUT2D eigenvalue weighted by atomic mass is 79.9. The second-order valence-corrected chi connectivity index (χ2v) is 5.51. The number of hydrogen-bond donors (Lipinski definition) is 2. The number of rotatable bonds is 4. The van der Waals surface area contributed by atoms with Crippen molar-refractivity contribution in [2.45, 2.75) is 6.54 Å². The number of anilines is 1. The molecule has 0 aliphatic rings. The Bertz CT molecular complexity index is 677. The van der Waals surface area contributed by atoms with Crippen LogP contribution in [0.25, 0.3) is 0 Å². The molecule has 4 nitrogen and oxygen atoms in total. The fraction of sp³-hybridized carbons (Fsp3) is 0.133. The Morgan fingerprint density at radius 1 is 1.33 bits per heavy atom. The average molecular weight is 370 g/mol. The first-order chi connectivity index (χ1) is 10.0. The number of nitrogen functional groups attached to an aromatic ring is 1. The standard InChI is InChI=1S/C15H14BrClN2O2/c1-21-13-7-3-5-11(17)10(13)8-19-15(20)9-4-2-6-12(18)14(9)16/h2-7H,8,18H2,1H3,(H,19,20). The van der Waals surface area contributed by atoms with E-state index in [9.17, 15) is 4.79 Å². The zero-order valence-corrected chi connectivity index (χ0v) is 13.7. The highest BCUT2D eigenvalue weighted by Gasteiger charge is 2.13. The molecule has 0 unspecified atom stereocenters. The van der Waals surface area contributed by atoms with Crippen LogP contribution in [0, 0.1) is 0 Å². The van der Waals surface area contributed by atoms with E-state index in [1.54, 1.807) is 43.5 Å². The smallest absolute Gasteiger partial charge is 0.252 e. The molecular formula is C15H14BrClN2O2. The lowest BCUT2D eigenvalue weighted by Crippen LogP contribution is -2.23. The first-order valence-electron chi connectivity index (χ1n) is 6.18. The molecule has 0 radical (unpaired) electrons. The number of benzene rings is 2. The van der Waals surface area contributed by atoms with Crippen molar-refractivity contribution >= 4 is 39.1 Å². The van der Waals surface area contributed by atoms with Crippen molar-refractivity contribution in [1.82, 2.24) is 5.32 Å². The Balaban J connectivity index is 2.17. The Morgan fingerprint density at radius 3 is 2.76 bits per heavy atom. The van der Waals surface area contributed by atoms with Crippen LogP contribution in [-0.2, 0) is 6.54 Å². The normalized spacial score (nSPS) is 10.2. The second kappa shape index (κ2) is 6.83. The fourth-order valence-electron chi connectivity index (χ4n) is 1.89. The zero-order valence-electron chi connectivity index (χ0n) is 11.3. The summed E-state index contributed by atoms with van der Waals surface area (Å²) >= 11 is 9.45. The maximum absolute atomic E-state index is 12.2. The monoisotopic (exact) mass is 368 g/mol. The lowest BCUT2D eigenvalue weighted by molar-refractivity contribution is 0.0950. The summed E-state index contributed by atoms with van der Waals surface area (Å²) in [4.78, 5) is 12.2. The molecule has 110 valence electrons. The summed E-state index contributed by atoms with van der Waals surface area (Å²) in [7, 11) is 1.56. The van der Waals surface area contributed by atoms with E-state index in [0.717, 1.165) is 5.56 Å². The van der Waals surface area contributed by atoms with Gasteiger partial charge in [0.25, 0.3) is 5.91 Å². The van der Waals surface area contributed by atoms with Crippen LogP contribution in [0.3, 0.4) is 0 Å². The number of nitrogens with two attached hydrogens (primary N) is 1. The Labute approximate surface area is 136 Å². The molecule has 6 heteroatoms. The van der Waals surface area contributed by atoms with Gasteiger partial charge < -0.3 is 15.8 Å². The van der Waals surface area contributed by atoms with Crippen molar-refractivity contribution in [2.24, 2.45) is 0 Å². The van der Waals surface area contributed by atoms with Gasteiger partial charge in [-0.2, -0.15) is 0 Å². The van der Waals surface area contributed by atoms with Crippen LogP contribution in [0.2, 0.25) is 5.02 Å². The van der Waals surface area contributed by atoms with Crippen LogP contribution in [0.4, 0.5) is 5.69 Å². The number of hydrogen-bond acceptors (Lipinski definition) is 3. The van der Waals surface area contributed by atoms with Crippen molar-refractivity contribution in [2.75, 3.05) is 12.8 Å². The molecule has 0 saturated carbocycles. The third-order valence-corrected chi connectivity index (χ3v) is 4.23. The van der Waals surface area contributed by atoms with Gasteiger partial charge in [-0.25, -0.2) is 0 Å². The van der Waals surface area contributed by atoms with E-state index < -0.39 is 0 Å². The quantitative estimate of drug-likeness (QED) is 0.809. The maximum Gasteiger partial charge on any atom is 0.252 e. The fourth-order valence-corrected chi connectivity index (χ4v) is 2.57. The Kier molecular flexibility index (Phi) is 5.09. The van der Waals surface area contributed by atoms with Crippen LogP contribution < -0.4 is 15.8 Å². The van der Waals surface area contributed by atoms with E-state index >= 15 is 0 Å². The van der Waals surface area contributed by atoms with Gasteiger partial charge in [0, 0.05) is 22.8 Å². The minimum atomic E-state index is -0.240. The summed E-state index contributed by atoms with van der Waals surface area (Å²) in [6, 6.07) is 10.5. The van der Waals surface area contributed by atoms with E-state index in [-0.39, 0.29) is 12.5 Å². The van der Waals surface area contributed by atoms with Crippen molar-refractivity contribution < 1.29 is 9.53 Å². The molecule has 0 spiro atoms. The lowest BCUT2D eigenvalue weighted by Gasteiger charge is -2.12. The van der Waals surface area contributed by atoms with Gasteiger partial charge in [-0.1, -0.05) is 23.7 Å². The lowest BCUT2D eigenvalue weighted by atomic mass is 10.1. The number of halogens is 2. The molecule has 0 saturated heterocycles. The molecule has 2 rings (SSSR count). The first kappa shape index (κ1) is 15.7. The van der Waals surface area contributed by atoms with Crippen LogP contribution in [-0.4, -0.2) is 13.0 Å². The zero-order chi connectivity index (χ0) is 15.4. The summed E-state index contributed by atoms with van der Waals surface area (Å²) in [6.45, 7) is 0.267. The number of carbonyl (C=O) groups is 1. The molecule has 1 amide bonds. The van der Waals surface area contributed by atoms with Crippen molar-refractivity contribution in [3.63, 3.8) is 0 Å². The number of carbonyl (C=O) groups excluding carboxylic acids is 1. The van der Waals surface area contributed by atoms with Crippen molar-refractivity contribution in [1.29, 1.82) is 0 Å². The van der Waals surface area contributed by atoms with Gasteiger partial charge in [0.15, 0.2) is 0 Å². The first-order valence-corrected chi connectivity index (χ1v) is 7.35. The van der Waals surface area contributed by atoms with Crippen LogP contribution in [0.15, 0.2) is 40.9 Å². The average Bonchev–Trinajstić information content (AvgIpc) is 2.48. The van der Waals surface area contributed by atoms with Crippen LogP contribution in [0.5, 0.6) is 5.75 Å². The van der Waals surface area contributed by atoms with Crippen molar-refractivity contribution in [3.8, 4) is 5.75 Å². The molecule has 3 N–H and O–H groups in total. The third kappa shape index (κ3) is 3.49. The molecule has 2 aromatic rings. The van der Waals surface area contributed by atoms with E-state index in [2.05, 4.69) is 21.2 Å². The topological polar surface area (TPSA) is 64.3 Å². The molecule has 0 aliphatic heterocycles. The third-order valence-electron chi connectivity index (χ3n) is 2.99. The predicted molar refractivity (Wildman–Crippen MR) is 87.7 cm³/mol. The summed E-state index contributed by atoms with van der Waals surface area (Å²) in [5.74, 6) is 0.394. The van der Waals surface area contributed by atoms with Gasteiger partial charge in [-0.3, -0.25) is 4.79 Å². The van der Waals surface area contributed by atoms with Gasteiger partial charge in [0.2, 0.25) is 0 Å². The number of amides is 1. The highest BCUT2D eigenvalue weighted by molar-refractivity contribution is 9.10. The molecule has 0 atom stereocenters. The van der Waals surface area contributed by atoms with E-state index in [1.807, 2.05) is 0 Å². The van der Waals surface area contributed by atoms with Crippen molar-refractivity contribution in [3.05, 3.63) is 57.0 Å². The molecule has 0 aliphatic carbocycles. The summed E-state index contributed by atoms with van der Waals surface area (Å²) in [5, 5.41) is 3.35. The van der Waals surface area contributed by atoms with E-state index in [0.29, 0.717) is 26.5 Å². The molecule has 21 heavy (non-hydrogen) atoms. The molecule has 0 heterocycles. The SMILES string of the molecule is COc1cccc(Cl)c1CNC(=O)c1cccc(N)c1Br. The van der Waals surface area contributed by atoms with Crippen LogP contribution >= 0.6 is 27.5 Å². The van der Waals surface area contributed by atoms with Gasteiger partial charge in [-0.05, 0) is 40.2 Å². The number of nitrogens with one attached hydrogen (secondary N) is 1. The number of methoxy groups -OCH3 is 1. The van der Waals surface area contributed by atoms with E-state index in [4.69, 9.17) is 22.1 Å². The molecule has 2 aromatic carbocycles. The number of ether oxygens (including phenoxy) is 1. The Hall–Kier alpha value is -1.72. The minimum Gasteiger partial charge on any atom is -0.496 e. The molecule has 0 fully saturated rings. The molecule has 0 bridgehead atoms. The molecule has 0 aromatic heterocycles. The Morgan fingerprint density at radius 2 is 2.05 bits per heavy atom. The molecular weight excluding hydrogens is 356 g/mol. The van der Waals surface area contributed by atoms with Gasteiger partial charge in [0.1, 0.15) is 5.75 Å². The second-order valence-electron chi connectivity index (χ2n) is 4.31. The largest absolute Gasteiger partial charge is 0.496 e. The van der Waals surface area contributed by atoms with E-state index in [1.165, 1.54) is 0 Å². The summed E-state index contributed by atoms with van der Waals surface area (Å²) in [5.41, 5.74) is 7.48. The summed E-state index contributed by atoms with van der Waals surface area (Å²) in [6.07, 6.45) is 0. The highest BCUT2D eigenvalue weighted by Crippen LogP contribution is 2.27. The summed E-state index contributed by atoms with van der Waals surface area (Å²) < 4.78 is 5.82. The predicted octanol–water partition coefficient (Wildman–Crippen LogP) is 3.62.